The largest absolute Gasteiger partial charge is 0.406 e. The Kier molecular flexibility index (Phi) is 5.05. The summed E-state index contributed by atoms with van der Waals surface area (Å²) in [6.45, 7) is -0.858. The number of halogens is 6. The molecule has 19 heavy (non-hydrogen) atoms. The first kappa shape index (κ1) is 16.1. The van der Waals surface area contributed by atoms with Crippen molar-refractivity contribution >= 4 is 5.91 Å². The molecule has 0 aromatic carbocycles. The molecular weight excluding hydrogens is 278 g/mol. The van der Waals surface area contributed by atoms with Gasteiger partial charge in [0.2, 0.25) is 5.91 Å². The van der Waals surface area contributed by atoms with Crippen molar-refractivity contribution in [3.63, 3.8) is 0 Å². The number of amides is 1. The van der Waals surface area contributed by atoms with Gasteiger partial charge >= 0.3 is 12.4 Å². The topological polar surface area (TPSA) is 32.3 Å². The Hall–Kier alpha value is -0.990. The van der Waals surface area contributed by atoms with Crippen LogP contribution in [0, 0.1) is 0 Å². The summed E-state index contributed by atoms with van der Waals surface area (Å²) >= 11 is 0. The minimum atomic E-state index is -4.80. The first-order valence-corrected chi connectivity index (χ1v) is 5.72. The Bertz CT molecular complexity index is 308. The lowest BCUT2D eigenvalue weighted by molar-refractivity contribution is -0.181. The highest BCUT2D eigenvalue weighted by Crippen LogP contribution is 2.26. The Morgan fingerprint density at radius 3 is 2.00 bits per heavy atom. The van der Waals surface area contributed by atoms with E-state index < -0.39 is 37.3 Å². The molecule has 0 aromatic rings. The molecule has 1 aliphatic rings. The Labute approximate surface area is 105 Å². The molecule has 0 saturated carbocycles. The number of piperidine rings is 1. The predicted octanol–water partition coefficient (Wildman–Crippen LogP) is 2.08. The zero-order chi connectivity index (χ0) is 14.7. The van der Waals surface area contributed by atoms with E-state index in [1.165, 1.54) is 0 Å². The molecule has 1 aliphatic heterocycles. The molecule has 1 rings (SSSR count). The number of carbonyl (C=O) groups is 1. The smallest absolute Gasteiger partial charge is 0.330 e. The molecule has 1 amide bonds. The summed E-state index contributed by atoms with van der Waals surface area (Å²) in [7, 11) is 0. The molecule has 9 heteroatoms. The van der Waals surface area contributed by atoms with Gasteiger partial charge < -0.3 is 10.2 Å². The van der Waals surface area contributed by atoms with Gasteiger partial charge in [0.1, 0.15) is 13.0 Å². The highest BCUT2D eigenvalue weighted by molar-refractivity contribution is 5.77. The highest BCUT2D eigenvalue weighted by atomic mass is 19.4. The van der Waals surface area contributed by atoms with Crippen LogP contribution >= 0.6 is 0 Å². The average molecular weight is 292 g/mol. The minimum absolute atomic E-state index is 0.222. The van der Waals surface area contributed by atoms with Gasteiger partial charge in [0, 0.05) is 6.04 Å². The third kappa shape index (κ3) is 6.13. The molecule has 1 heterocycles. The normalized spacial score (nSPS) is 18.4. The van der Waals surface area contributed by atoms with E-state index >= 15 is 0 Å². The molecule has 0 radical (unpaired) electrons. The maximum atomic E-state index is 12.4. The van der Waals surface area contributed by atoms with Crippen LogP contribution in [-0.2, 0) is 4.79 Å². The maximum absolute atomic E-state index is 12.4. The van der Waals surface area contributed by atoms with Crippen LogP contribution in [-0.4, -0.2) is 48.8 Å². The summed E-state index contributed by atoms with van der Waals surface area (Å²) in [6, 6.07) is -0.794. The summed E-state index contributed by atoms with van der Waals surface area (Å²) in [6.07, 6.45) is -10.9. The van der Waals surface area contributed by atoms with Crippen molar-refractivity contribution in [3.8, 4) is 0 Å². The molecule has 0 bridgehead atoms. The van der Waals surface area contributed by atoms with Crippen LogP contribution in [0.3, 0.4) is 0 Å². The molecule has 0 spiro atoms. The van der Waals surface area contributed by atoms with Gasteiger partial charge in [-0.2, -0.15) is 26.3 Å². The molecule has 3 nitrogen and oxygen atoms in total. The van der Waals surface area contributed by atoms with Gasteiger partial charge in [0.05, 0.1) is 0 Å². The number of rotatable bonds is 3. The molecule has 1 saturated heterocycles. The second-order valence-corrected chi connectivity index (χ2v) is 4.41. The standard InChI is InChI=1S/C10H14F6N2O/c11-9(12,13)5-8(19)18(6-10(14,15)16)7-1-3-17-4-2-7/h7,17H,1-6H2. The van der Waals surface area contributed by atoms with Crippen LogP contribution < -0.4 is 5.32 Å². The molecule has 0 aliphatic carbocycles. The summed E-state index contributed by atoms with van der Waals surface area (Å²) in [5.41, 5.74) is 0. The lowest BCUT2D eigenvalue weighted by Crippen LogP contribution is -2.50. The Morgan fingerprint density at radius 1 is 1.05 bits per heavy atom. The zero-order valence-electron chi connectivity index (χ0n) is 9.94. The van der Waals surface area contributed by atoms with E-state index in [1.807, 2.05) is 0 Å². The highest BCUT2D eigenvalue weighted by Gasteiger charge is 2.40. The van der Waals surface area contributed by atoms with E-state index in [-0.39, 0.29) is 12.8 Å². The molecule has 1 N–H and O–H groups in total. The molecule has 0 aromatic heterocycles. The lowest BCUT2D eigenvalue weighted by Gasteiger charge is -2.35. The fourth-order valence-electron chi connectivity index (χ4n) is 2.01. The van der Waals surface area contributed by atoms with Crippen molar-refractivity contribution in [2.75, 3.05) is 19.6 Å². The first-order valence-electron chi connectivity index (χ1n) is 5.72. The van der Waals surface area contributed by atoms with Crippen molar-refractivity contribution in [2.24, 2.45) is 0 Å². The summed E-state index contributed by atoms with van der Waals surface area (Å²) in [4.78, 5) is 11.7. The number of carbonyl (C=O) groups excluding carboxylic acids is 1. The van der Waals surface area contributed by atoms with Crippen molar-refractivity contribution < 1.29 is 31.1 Å². The fraction of sp³-hybridized carbons (Fsp3) is 0.900. The number of nitrogens with zero attached hydrogens (tertiary/aromatic N) is 1. The van der Waals surface area contributed by atoms with Gasteiger partial charge in [-0.3, -0.25) is 4.79 Å². The number of nitrogens with one attached hydrogen (secondary N) is 1. The SMILES string of the molecule is O=C(CC(F)(F)F)N(CC(F)(F)F)C1CCNCC1. The monoisotopic (exact) mass is 292 g/mol. The second-order valence-electron chi connectivity index (χ2n) is 4.41. The van der Waals surface area contributed by atoms with E-state index in [4.69, 9.17) is 0 Å². The van der Waals surface area contributed by atoms with E-state index in [0.29, 0.717) is 18.0 Å². The van der Waals surface area contributed by atoms with Gasteiger partial charge in [0.25, 0.3) is 0 Å². The molecular formula is C10H14F6N2O. The van der Waals surface area contributed by atoms with Crippen LogP contribution in [0.15, 0.2) is 0 Å². The van der Waals surface area contributed by atoms with Crippen molar-refractivity contribution in [1.82, 2.24) is 10.2 Å². The first-order chi connectivity index (χ1) is 8.58. The van der Waals surface area contributed by atoms with Crippen LogP contribution in [0.25, 0.3) is 0 Å². The van der Waals surface area contributed by atoms with Gasteiger partial charge in [-0.05, 0) is 25.9 Å². The molecule has 0 atom stereocenters. The summed E-state index contributed by atoms with van der Waals surface area (Å²) < 4.78 is 73.5. The maximum Gasteiger partial charge on any atom is 0.406 e. The van der Waals surface area contributed by atoms with E-state index in [9.17, 15) is 31.1 Å². The van der Waals surface area contributed by atoms with Crippen LogP contribution in [0.5, 0.6) is 0 Å². The predicted molar refractivity (Wildman–Crippen MR) is 54.3 cm³/mol. The van der Waals surface area contributed by atoms with Crippen LogP contribution in [0.2, 0.25) is 0 Å². The van der Waals surface area contributed by atoms with Gasteiger partial charge in [-0.1, -0.05) is 0 Å². The van der Waals surface area contributed by atoms with E-state index in [1.54, 1.807) is 0 Å². The van der Waals surface area contributed by atoms with Gasteiger partial charge in [0.15, 0.2) is 0 Å². The molecule has 112 valence electrons. The van der Waals surface area contributed by atoms with Crippen LogP contribution in [0.4, 0.5) is 26.3 Å². The zero-order valence-corrected chi connectivity index (χ0v) is 9.94. The van der Waals surface area contributed by atoms with Gasteiger partial charge in [-0.25, -0.2) is 0 Å². The average Bonchev–Trinajstić information content (AvgIpc) is 2.23. The second kappa shape index (κ2) is 5.98. The van der Waals surface area contributed by atoms with Crippen molar-refractivity contribution in [1.29, 1.82) is 0 Å². The van der Waals surface area contributed by atoms with Crippen molar-refractivity contribution in [3.05, 3.63) is 0 Å². The molecule has 1 fully saturated rings. The fourth-order valence-corrected chi connectivity index (χ4v) is 2.01. The van der Waals surface area contributed by atoms with Crippen molar-refractivity contribution in [2.45, 2.75) is 37.7 Å². The third-order valence-electron chi connectivity index (χ3n) is 2.77. The van der Waals surface area contributed by atoms with Gasteiger partial charge in [-0.15, -0.1) is 0 Å². The Morgan fingerprint density at radius 2 is 1.58 bits per heavy atom. The summed E-state index contributed by atoms with van der Waals surface area (Å²) in [5, 5.41) is 2.88. The number of hydrogen-bond donors (Lipinski definition) is 1. The number of hydrogen-bond acceptors (Lipinski definition) is 2. The quantitative estimate of drug-likeness (QED) is 0.808. The molecule has 0 unspecified atom stereocenters. The Balaban J connectivity index is 2.76. The van der Waals surface area contributed by atoms with E-state index in [0.717, 1.165) is 0 Å². The lowest BCUT2D eigenvalue weighted by atomic mass is 10.0. The van der Waals surface area contributed by atoms with Crippen LogP contribution in [0.1, 0.15) is 19.3 Å². The summed E-state index contributed by atoms with van der Waals surface area (Å²) in [5.74, 6) is -1.52. The van der Waals surface area contributed by atoms with E-state index in [2.05, 4.69) is 5.32 Å². The minimum Gasteiger partial charge on any atom is -0.330 e. The number of alkyl halides is 6. The third-order valence-corrected chi connectivity index (χ3v) is 2.77.